The topological polar surface area (TPSA) is 82.5 Å². The van der Waals surface area contributed by atoms with Crippen LogP contribution in [0, 0.1) is 6.92 Å². The van der Waals surface area contributed by atoms with Gasteiger partial charge in [0, 0.05) is 17.0 Å². The Morgan fingerprint density at radius 2 is 1.85 bits per heavy atom. The average Bonchev–Trinajstić information content (AvgIpc) is 2.94. The van der Waals surface area contributed by atoms with Gasteiger partial charge in [-0.15, -0.1) is 11.3 Å². The summed E-state index contributed by atoms with van der Waals surface area (Å²) in [7, 11) is 0. The van der Waals surface area contributed by atoms with Gasteiger partial charge >= 0.3 is 12.0 Å². The van der Waals surface area contributed by atoms with E-state index in [4.69, 9.17) is 5.11 Å². The lowest BCUT2D eigenvalue weighted by atomic mass is 9.92. The van der Waals surface area contributed by atoms with Crippen molar-refractivity contribution < 1.29 is 14.7 Å². The first-order valence-corrected chi connectivity index (χ1v) is 11.0. The molecule has 2 N–H and O–H groups in total. The van der Waals surface area contributed by atoms with Gasteiger partial charge in [-0.1, -0.05) is 46.0 Å². The summed E-state index contributed by atoms with van der Waals surface area (Å²) in [5, 5.41) is 12.5. The lowest BCUT2D eigenvalue weighted by Crippen LogP contribution is -2.50. The molecule has 152 valence electrons. The number of aryl methyl sites for hydroxylation is 1. The maximum Gasteiger partial charge on any atom is 0.324 e. The molecular formula is C20H33N3O3S. The zero-order valence-electron chi connectivity index (χ0n) is 16.8. The lowest BCUT2D eigenvalue weighted by molar-refractivity contribution is -0.136. The minimum absolute atomic E-state index is 0.0792. The largest absolute Gasteiger partial charge is 0.481 e. The Labute approximate surface area is 166 Å². The Bertz CT molecular complexity index is 620. The Morgan fingerprint density at radius 3 is 2.41 bits per heavy atom. The normalized spacial score (nSPS) is 15.1. The van der Waals surface area contributed by atoms with Gasteiger partial charge in [0.15, 0.2) is 5.13 Å². The van der Waals surface area contributed by atoms with Gasteiger partial charge in [-0.05, 0) is 32.6 Å². The monoisotopic (exact) mass is 395 g/mol. The van der Waals surface area contributed by atoms with Crippen LogP contribution in [0.3, 0.4) is 0 Å². The van der Waals surface area contributed by atoms with Crippen molar-refractivity contribution >= 4 is 28.5 Å². The molecular weight excluding hydrogens is 362 g/mol. The third kappa shape index (κ3) is 6.19. The van der Waals surface area contributed by atoms with Crippen LogP contribution in [0.1, 0.15) is 82.2 Å². The molecule has 1 aliphatic rings. The van der Waals surface area contributed by atoms with E-state index in [1.165, 1.54) is 30.6 Å². The molecule has 1 aromatic rings. The van der Waals surface area contributed by atoms with E-state index in [-0.39, 0.29) is 18.5 Å². The molecule has 0 radical (unpaired) electrons. The minimum atomic E-state index is -0.906. The summed E-state index contributed by atoms with van der Waals surface area (Å²) in [4.78, 5) is 31.5. The Kier molecular flexibility index (Phi) is 8.54. The molecule has 1 aliphatic carbocycles. The van der Waals surface area contributed by atoms with E-state index in [2.05, 4.69) is 29.0 Å². The van der Waals surface area contributed by atoms with Crippen LogP contribution < -0.4 is 5.32 Å². The zero-order valence-corrected chi connectivity index (χ0v) is 17.6. The smallest absolute Gasteiger partial charge is 0.324 e. The van der Waals surface area contributed by atoms with Gasteiger partial charge in [-0.2, -0.15) is 0 Å². The molecule has 0 aliphatic heterocycles. The van der Waals surface area contributed by atoms with Gasteiger partial charge in [-0.3, -0.25) is 10.1 Å². The van der Waals surface area contributed by atoms with Crippen LogP contribution in [-0.2, 0) is 11.2 Å². The summed E-state index contributed by atoms with van der Waals surface area (Å²) in [6, 6.07) is 0.466. The van der Waals surface area contributed by atoms with E-state index in [0.717, 1.165) is 43.4 Å². The third-order valence-electron chi connectivity index (χ3n) is 5.26. The first-order chi connectivity index (χ1) is 13.0. The van der Waals surface area contributed by atoms with E-state index >= 15 is 0 Å². The number of anilines is 1. The number of amides is 2. The number of rotatable bonds is 9. The van der Waals surface area contributed by atoms with Gasteiger partial charge in [0.25, 0.3) is 0 Å². The van der Waals surface area contributed by atoms with Gasteiger partial charge in [-0.25, -0.2) is 9.78 Å². The second kappa shape index (κ2) is 10.6. The Morgan fingerprint density at radius 1 is 1.22 bits per heavy atom. The average molecular weight is 396 g/mol. The number of urea groups is 1. The Hall–Kier alpha value is -1.63. The third-order valence-corrected chi connectivity index (χ3v) is 6.19. The van der Waals surface area contributed by atoms with Crippen LogP contribution in [0.2, 0.25) is 0 Å². The van der Waals surface area contributed by atoms with E-state index in [9.17, 15) is 9.59 Å². The minimum Gasteiger partial charge on any atom is -0.481 e. The fourth-order valence-electron chi connectivity index (χ4n) is 4.02. The number of hydrogen-bond donors (Lipinski definition) is 2. The summed E-state index contributed by atoms with van der Waals surface area (Å²) >= 11 is 1.35. The summed E-state index contributed by atoms with van der Waals surface area (Å²) in [6.07, 6.45) is 9.77. The van der Waals surface area contributed by atoms with Gasteiger partial charge in [0.1, 0.15) is 0 Å². The van der Waals surface area contributed by atoms with Crippen molar-refractivity contribution in [3.8, 4) is 0 Å². The predicted octanol–water partition coefficient (Wildman–Crippen LogP) is 5.21. The molecule has 0 unspecified atom stereocenters. The highest BCUT2D eigenvalue weighted by Gasteiger charge is 2.31. The summed E-state index contributed by atoms with van der Waals surface area (Å²) in [6.45, 7) is 6.19. The van der Waals surface area contributed by atoms with Gasteiger partial charge in [0.05, 0.1) is 12.1 Å². The highest BCUT2D eigenvalue weighted by molar-refractivity contribution is 7.15. The number of aromatic nitrogens is 1. The van der Waals surface area contributed by atoms with E-state index in [1.807, 2.05) is 6.92 Å². The van der Waals surface area contributed by atoms with Crippen molar-refractivity contribution in [1.82, 2.24) is 9.88 Å². The molecule has 0 aromatic carbocycles. The molecule has 2 amide bonds. The van der Waals surface area contributed by atoms with Crippen molar-refractivity contribution in [1.29, 1.82) is 0 Å². The lowest BCUT2D eigenvalue weighted by Gasteiger charge is -2.40. The van der Waals surface area contributed by atoms with Crippen molar-refractivity contribution in [3.05, 3.63) is 10.6 Å². The van der Waals surface area contributed by atoms with Crippen molar-refractivity contribution in [2.24, 2.45) is 0 Å². The van der Waals surface area contributed by atoms with E-state index in [0.29, 0.717) is 16.9 Å². The molecule has 2 rings (SSSR count). The number of hydrogen-bond acceptors (Lipinski definition) is 4. The first-order valence-electron chi connectivity index (χ1n) is 10.2. The first kappa shape index (κ1) is 21.7. The molecule has 1 saturated carbocycles. The second-order valence-corrected chi connectivity index (χ2v) is 8.66. The molecule has 27 heavy (non-hydrogen) atoms. The van der Waals surface area contributed by atoms with Crippen LogP contribution in [0.25, 0.3) is 0 Å². The highest BCUT2D eigenvalue weighted by Crippen LogP contribution is 2.29. The standard InChI is InChI=1S/C20H33N3O3S/c1-4-9-15(10-5-2)23(16-11-7-6-8-12-16)20(26)22-19-21-17(13-18(24)25)14(3)27-19/h15-16H,4-13H2,1-3H3,(H,24,25)(H,21,22,26). The van der Waals surface area contributed by atoms with Gasteiger partial charge in [0.2, 0.25) is 0 Å². The quantitative estimate of drug-likeness (QED) is 0.601. The van der Waals surface area contributed by atoms with Crippen molar-refractivity contribution in [2.75, 3.05) is 5.32 Å². The van der Waals surface area contributed by atoms with E-state index < -0.39 is 5.97 Å². The summed E-state index contributed by atoms with van der Waals surface area (Å²) < 4.78 is 0. The Balaban J connectivity index is 2.18. The number of thiazole rings is 1. The molecule has 0 bridgehead atoms. The number of nitrogens with one attached hydrogen (secondary N) is 1. The highest BCUT2D eigenvalue weighted by atomic mass is 32.1. The fourth-order valence-corrected chi connectivity index (χ4v) is 4.84. The zero-order chi connectivity index (χ0) is 19.8. The molecule has 1 fully saturated rings. The van der Waals surface area contributed by atoms with Crippen molar-refractivity contribution in [3.63, 3.8) is 0 Å². The van der Waals surface area contributed by atoms with Crippen LogP contribution in [0.4, 0.5) is 9.93 Å². The van der Waals surface area contributed by atoms with Crippen LogP contribution >= 0.6 is 11.3 Å². The number of carbonyl (C=O) groups is 2. The molecule has 1 heterocycles. The molecule has 7 heteroatoms. The van der Waals surface area contributed by atoms with Crippen LogP contribution in [0.15, 0.2) is 0 Å². The van der Waals surface area contributed by atoms with Crippen molar-refractivity contribution in [2.45, 2.75) is 97.1 Å². The molecule has 6 nitrogen and oxygen atoms in total. The van der Waals surface area contributed by atoms with Gasteiger partial charge < -0.3 is 10.0 Å². The SMILES string of the molecule is CCCC(CCC)N(C(=O)Nc1nc(CC(=O)O)c(C)s1)C1CCCCC1. The molecule has 0 spiro atoms. The molecule has 0 atom stereocenters. The number of carboxylic acid groups (broad SMARTS) is 1. The fraction of sp³-hybridized carbons (Fsp3) is 0.750. The second-order valence-electron chi connectivity index (χ2n) is 7.45. The summed E-state index contributed by atoms with van der Waals surface area (Å²) in [5.74, 6) is -0.906. The molecule has 1 aromatic heterocycles. The van der Waals surface area contributed by atoms with Crippen LogP contribution in [-0.4, -0.2) is 39.1 Å². The number of aliphatic carboxylic acids is 1. The maximum atomic E-state index is 13.2. The summed E-state index contributed by atoms with van der Waals surface area (Å²) in [5.41, 5.74) is 0.533. The molecule has 0 saturated heterocycles. The maximum absolute atomic E-state index is 13.2. The predicted molar refractivity (Wildman–Crippen MR) is 110 cm³/mol. The number of carbonyl (C=O) groups excluding carboxylic acids is 1. The number of carboxylic acids is 1. The van der Waals surface area contributed by atoms with Crippen LogP contribution in [0.5, 0.6) is 0 Å². The number of nitrogens with zero attached hydrogens (tertiary/aromatic N) is 2. The van der Waals surface area contributed by atoms with E-state index in [1.54, 1.807) is 0 Å².